The molecule has 0 radical (unpaired) electrons. The quantitative estimate of drug-likeness (QED) is 0.464. The summed E-state index contributed by atoms with van der Waals surface area (Å²) >= 11 is 2.44. The first-order valence-corrected chi connectivity index (χ1v) is 11.2. The van der Waals surface area contributed by atoms with Gasteiger partial charge in [0, 0.05) is 10.3 Å². The van der Waals surface area contributed by atoms with Gasteiger partial charge in [0.05, 0.1) is 24.1 Å². The number of amides is 2. The van der Waals surface area contributed by atoms with Gasteiger partial charge >= 0.3 is 0 Å². The lowest BCUT2D eigenvalue weighted by Crippen LogP contribution is -2.43. The van der Waals surface area contributed by atoms with Gasteiger partial charge in [-0.3, -0.25) is 25.2 Å². The topological polar surface area (TPSA) is 117 Å². The first-order valence-electron chi connectivity index (χ1n) is 7.40. The number of hydrazine groups is 1. The van der Waals surface area contributed by atoms with Gasteiger partial charge in [0.15, 0.2) is 5.13 Å². The Bertz CT molecular complexity index is 879. The van der Waals surface area contributed by atoms with Crippen LogP contribution >= 0.6 is 23.1 Å². The Morgan fingerprint density at radius 2 is 1.81 bits per heavy atom. The predicted molar refractivity (Wildman–Crippen MR) is 102 cm³/mol. The molecule has 1 aromatic heterocycles. The number of hydrogen-bond donors (Lipinski definition) is 3. The lowest BCUT2D eigenvalue weighted by molar-refractivity contribution is -0.127. The average Bonchev–Trinajstić information content (AvgIpc) is 2.97. The number of sulfonamides is 1. The van der Waals surface area contributed by atoms with Crippen molar-refractivity contribution >= 4 is 50.1 Å². The first kappa shape index (κ1) is 20.2. The van der Waals surface area contributed by atoms with Gasteiger partial charge < -0.3 is 0 Å². The Labute approximate surface area is 159 Å². The number of aryl methyl sites for hydroxylation is 1. The molecule has 2 rings (SSSR count). The van der Waals surface area contributed by atoms with E-state index in [2.05, 4.69) is 20.6 Å². The number of carbonyl (C=O) groups is 2. The van der Waals surface area contributed by atoms with Crippen LogP contribution < -0.4 is 15.6 Å². The highest BCUT2D eigenvalue weighted by atomic mass is 32.2. The summed E-state index contributed by atoms with van der Waals surface area (Å²) in [5.41, 5.74) is 6.19. The van der Waals surface area contributed by atoms with Crippen molar-refractivity contribution in [2.24, 2.45) is 0 Å². The Kier molecular flexibility index (Phi) is 7.00. The van der Waals surface area contributed by atoms with Crippen LogP contribution in [0.4, 0.5) is 5.13 Å². The molecule has 0 fully saturated rings. The molecule has 3 N–H and O–H groups in total. The van der Waals surface area contributed by atoms with E-state index in [0.29, 0.717) is 5.69 Å². The summed E-state index contributed by atoms with van der Waals surface area (Å²) in [6, 6.07) is 7.78. The third-order valence-electron chi connectivity index (χ3n) is 2.90. The Hall–Kier alpha value is -2.11. The second-order valence-corrected chi connectivity index (χ2v) is 9.05. The van der Waals surface area contributed by atoms with E-state index >= 15 is 0 Å². The molecule has 0 atom stereocenters. The van der Waals surface area contributed by atoms with E-state index in [0.717, 1.165) is 28.1 Å². The monoisotopic (exact) mass is 414 g/mol. The normalized spacial score (nSPS) is 11.0. The van der Waals surface area contributed by atoms with Crippen molar-refractivity contribution < 1.29 is 18.0 Å². The molecule has 0 spiro atoms. The van der Waals surface area contributed by atoms with Crippen molar-refractivity contribution in [1.82, 2.24) is 15.8 Å². The number of thioether (sulfide) groups is 1. The van der Waals surface area contributed by atoms with E-state index in [1.54, 1.807) is 5.38 Å². The zero-order valence-corrected chi connectivity index (χ0v) is 16.6. The largest absolute Gasteiger partial charge is 0.273 e. The summed E-state index contributed by atoms with van der Waals surface area (Å²) in [5, 5.41) is 1.76. The van der Waals surface area contributed by atoms with Crippen molar-refractivity contribution in [2.45, 2.75) is 18.2 Å². The van der Waals surface area contributed by atoms with E-state index < -0.39 is 15.9 Å². The number of nitrogens with zero attached hydrogens (tertiary/aromatic N) is 1. The molecule has 26 heavy (non-hydrogen) atoms. The fourth-order valence-electron chi connectivity index (χ4n) is 1.76. The van der Waals surface area contributed by atoms with E-state index in [-0.39, 0.29) is 23.2 Å². The molecule has 0 unspecified atom stereocenters. The summed E-state index contributed by atoms with van der Waals surface area (Å²) in [4.78, 5) is 28.5. The van der Waals surface area contributed by atoms with Crippen molar-refractivity contribution in [3.8, 4) is 0 Å². The van der Waals surface area contributed by atoms with Crippen LogP contribution in [-0.2, 0) is 26.0 Å². The van der Waals surface area contributed by atoms with Crippen LogP contribution in [0.2, 0.25) is 0 Å². The van der Waals surface area contributed by atoms with Gasteiger partial charge in [-0.25, -0.2) is 13.4 Å². The van der Waals surface area contributed by atoms with Crippen molar-refractivity contribution in [2.75, 3.05) is 16.7 Å². The summed E-state index contributed by atoms with van der Waals surface area (Å²) in [6.07, 6.45) is 0.943. The number of thiazole rings is 1. The molecule has 0 aliphatic carbocycles. The second kappa shape index (κ2) is 9.01. The number of benzene rings is 1. The number of anilines is 1. The summed E-state index contributed by atoms with van der Waals surface area (Å²) < 4.78 is 24.5. The minimum Gasteiger partial charge on any atom is -0.273 e. The fourth-order valence-corrected chi connectivity index (χ4v) is 4.02. The molecule has 8 nitrogen and oxygen atoms in total. The van der Waals surface area contributed by atoms with Crippen LogP contribution in [0.1, 0.15) is 11.3 Å². The predicted octanol–water partition coefficient (Wildman–Crippen LogP) is 1.31. The van der Waals surface area contributed by atoms with Gasteiger partial charge in [-0.05, 0) is 19.1 Å². The van der Waals surface area contributed by atoms with E-state index in [4.69, 9.17) is 0 Å². The molecule has 0 aliphatic rings. The maximum Gasteiger partial charge on any atom is 0.248 e. The molecular weight excluding hydrogens is 396 g/mol. The molecule has 1 heterocycles. The zero-order chi connectivity index (χ0) is 19.2. The van der Waals surface area contributed by atoms with Crippen LogP contribution in [0, 0.1) is 6.92 Å². The molecule has 11 heteroatoms. The minimum absolute atomic E-state index is 0.0761. The van der Waals surface area contributed by atoms with Crippen LogP contribution in [-0.4, -0.2) is 37.2 Å². The Balaban J connectivity index is 1.72. The standard InChI is InChI=1S/C15H18N4O4S3/c1-10-3-5-12(6-4-10)24-9-14(21)18-17-13(20)7-11-8-25-15(16-11)19-26(2,22)23/h3-6,8H,7,9H2,1-2H3,(H,16,19)(H,17,20)(H,18,21). The minimum atomic E-state index is -3.41. The van der Waals surface area contributed by atoms with Crippen molar-refractivity contribution in [3.63, 3.8) is 0 Å². The highest BCUT2D eigenvalue weighted by Gasteiger charge is 2.11. The second-order valence-electron chi connectivity index (χ2n) is 5.39. The molecule has 0 aliphatic heterocycles. The first-order chi connectivity index (χ1) is 12.2. The smallest absolute Gasteiger partial charge is 0.248 e. The highest BCUT2D eigenvalue weighted by Crippen LogP contribution is 2.18. The van der Waals surface area contributed by atoms with E-state index in [9.17, 15) is 18.0 Å². The average molecular weight is 415 g/mol. The Morgan fingerprint density at radius 1 is 1.15 bits per heavy atom. The van der Waals surface area contributed by atoms with Crippen LogP contribution in [0.5, 0.6) is 0 Å². The van der Waals surface area contributed by atoms with Gasteiger partial charge in [0.25, 0.3) is 0 Å². The summed E-state index contributed by atoms with van der Waals surface area (Å²) in [5.74, 6) is -0.612. The molecule has 2 aromatic rings. The Morgan fingerprint density at radius 3 is 2.46 bits per heavy atom. The highest BCUT2D eigenvalue weighted by molar-refractivity contribution is 8.00. The number of hydrogen-bond acceptors (Lipinski definition) is 7. The molecule has 0 saturated carbocycles. The lowest BCUT2D eigenvalue weighted by atomic mass is 10.2. The summed E-state index contributed by atoms with van der Waals surface area (Å²) in [7, 11) is -3.41. The molecule has 140 valence electrons. The molecule has 1 aromatic carbocycles. The van der Waals surface area contributed by atoms with Crippen LogP contribution in [0.3, 0.4) is 0 Å². The molecular formula is C15H18N4O4S3. The number of aromatic nitrogens is 1. The van der Waals surface area contributed by atoms with Crippen molar-refractivity contribution in [3.05, 3.63) is 40.9 Å². The molecule has 2 amide bonds. The van der Waals surface area contributed by atoms with E-state index in [1.165, 1.54) is 11.8 Å². The van der Waals surface area contributed by atoms with Gasteiger partial charge in [-0.1, -0.05) is 17.7 Å². The van der Waals surface area contributed by atoms with E-state index in [1.807, 2.05) is 31.2 Å². The number of carbonyl (C=O) groups excluding carboxylic acids is 2. The number of rotatable bonds is 7. The fraction of sp³-hybridized carbons (Fsp3) is 0.267. The summed E-state index contributed by atoms with van der Waals surface area (Å²) in [6.45, 7) is 1.99. The van der Waals surface area contributed by atoms with Crippen molar-refractivity contribution in [1.29, 1.82) is 0 Å². The third-order valence-corrected chi connectivity index (χ3v) is 5.41. The van der Waals surface area contributed by atoms with Gasteiger partial charge in [0.1, 0.15) is 0 Å². The van der Waals surface area contributed by atoms with Gasteiger partial charge in [-0.2, -0.15) is 0 Å². The maximum atomic E-state index is 11.8. The molecule has 0 bridgehead atoms. The SMILES string of the molecule is Cc1ccc(SCC(=O)NNC(=O)Cc2csc(NS(C)(=O)=O)n2)cc1. The van der Waals surface area contributed by atoms with Gasteiger partial charge in [0.2, 0.25) is 21.8 Å². The maximum absolute atomic E-state index is 11.8. The lowest BCUT2D eigenvalue weighted by Gasteiger charge is -2.06. The van der Waals surface area contributed by atoms with Crippen LogP contribution in [0.15, 0.2) is 34.5 Å². The third kappa shape index (κ3) is 7.42. The zero-order valence-electron chi connectivity index (χ0n) is 14.1. The molecule has 0 saturated heterocycles. The van der Waals surface area contributed by atoms with Crippen LogP contribution in [0.25, 0.3) is 0 Å². The van der Waals surface area contributed by atoms with Gasteiger partial charge in [-0.15, -0.1) is 23.1 Å². The number of nitrogens with one attached hydrogen (secondary N) is 3.